The summed E-state index contributed by atoms with van der Waals surface area (Å²) in [4.78, 5) is 4.22. The minimum Gasteiger partial charge on any atom is -0.495 e. The molecule has 0 amide bonds. The van der Waals surface area contributed by atoms with Crippen LogP contribution in [0.15, 0.2) is 41.6 Å². The summed E-state index contributed by atoms with van der Waals surface area (Å²) < 4.78 is 5.12. The first-order chi connectivity index (χ1) is 8.70. The van der Waals surface area contributed by atoms with E-state index in [4.69, 9.17) is 22.1 Å². The quantitative estimate of drug-likeness (QED) is 0.686. The predicted molar refractivity (Wildman–Crippen MR) is 76.2 cm³/mol. The van der Waals surface area contributed by atoms with E-state index in [1.165, 1.54) is 0 Å². The van der Waals surface area contributed by atoms with Crippen LogP contribution in [0.3, 0.4) is 0 Å². The van der Waals surface area contributed by atoms with E-state index in [9.17, 15) is 0 Å². The first-order valence-electron chi connectivity index (χ1n) is 5.36. The Morgan fingerprint density at radius 1 is 1.39 bits per heavy atom. The van der Waals surface area contributed by atoms with Crippen LogP contribution in [-0.4, -0.2) is 12.1 Å². The van der Waals surface area contributed by atoms with Crippen molar-refractivity contribution in [3.63, 3.8) is 0 Å². The second kappa shape index (κ2) is 5.98. The van der Waals surface area contributed by atoms with Gasteiger partial charge in [-0.05, 0) is 29.8 Å². The van der Waals surface area contributed by atoms with Crippen molar-refractivity contribution in [2.24, 2.45) is 0 Å². The number of nitrogens with zero attached hydrogens (tertiary/aromatic N) is 1. The number of nitrogen functional groups attached to an aromatic ring is 1. The SMILES string of the molecule is COc1ccc(CSc2ncccc2Cl)cc1N. The molecule has 0 unspecified atom stereocenters. The van der Waals surface area contributed by atoms with Crippen molar-refractivity contribution in [3.8, 4) is 5.75 Å². The lowest BCUT2D eigenvalue weighted by molar-refractivity contribution is 0.417. The van der Waals surface area contributed by atoms with Gasteiger partial charge in [0.05, 0.1) is 17.8 Å². The summed E-state index contributed by atoms with van der Waals surface area (Å²) in [5, 5.41) is 1.50. The third kappa shape index (κ3) is 3.09. The molecule has 0 saturated heterocycles. The lowest BCUT2D eigenvalue weighted by Crippen LogP contribution is -1.93. The van der Waals surface area contributed by atoms with Crippen molar-refractivity contribution in [2.45, 2.75) is 10.8 Å². The maximum atomic E-state index is 6.04. The summed E-state index contributed by atoms with van der Waals surface area (Å²) in [6.45, 7) is 0. The number of ether oxygens (including phenoxy) is 1. The molecule has 0 radical (unpaired) electrons. The van der Waals surface area contributed by atoms with E-state index in [1.54, 1.807) is 25.1 Å². The molecule has 0 aliphatic rings. The number of hydrogen-bond acceptors (Lipinski definition) is 4. The summed E-state index contributed by atoms with van der Waals surface area (Å²) in [5.41, 5.74) is 7.61. The Labute approximate surface area is 115 Å². The largest absolute Gasteiger partial charge is 0.495 e. The standard InChI is InChI=1S/C13H13ClN2OS/c1-17-12-5-4-9(7-11(12)15)8-18-13-10(14)3-2-6-16-13/h2-7H,8,15H2,1H3. The van der Waals surface area contributed by atoms with Gasteiger partial charge in [0.15, 0.2) is 0 Å². The van der Waals surface area contributed by atoms with Gasteiger partial charge in [0.25, 0.3) is 0 Å². The Hall–Kier alpha value is -1.39. The molecule has 0 aliphatic heterocycles. The van der Waals surface area contributed by atoms with Crippen LogP contribution in [0.1, 0.15) is 5.56 Å². The third-order valence-electron chi connectivity index (χ3n) is 2.39. The predicted octanol–water partition coefficient (Wildman–Crippen LogP) is 3.62. The molecule has 2 rings (SSSR count). The van der Waals surface area contributed by atoms with Crippen molar-refractivity contribution < 1.29 is 4.74 Å². The van der Waals surface area contributed by atoms with E-state index in [0.717, 1.165) is 16.3 Å². The number of hydrogen-bond donors (Lipinski definition) is 1. The minimum atomic E-state index is 0.641. The van der Waals surface area contributed by atoms with E-state index in [0.29, 0.717) is 16.5 Å². The summed E-state index contributed by atoms with van der Waals surface area (Å²) in [7, 11) is 1.60. The molecule has 1 aromatic carbocycles. The smallest absolute Gasteiger partial charge is 0.141 e. The number of pyridine rings is 1. The second-order valence-electron chi connectivity index (χ2n) is 3.66. The van der Waals surface area contributed by atoms with Gasteiger partial charge < -0.3 is 10.5 Å². The summed E-state index contributed by atoms with van der Waals surface area (Å²) in [6.07, 6.45) is 1.73. The van der Waals surface area contributed by atoms with Crippen molar-refractivity contribution >= 4 is 29.1 Å². The topological polar surface area (TPSA) is 48.1 Å². The van der Waals surface area contributed by atoms with Gasteiger partial charge in [0.2, 0.25) is 0 Å². The molecule has 1 aromatic heterocycles. The molecule has 1 heterocycles. The molecule has 5 heteroatoms. The highest BCUT2D eigenvalue weighted by atomic mass is 35.5. The molecular formula is C13H13ClN2OS. The van der Waals surface area contributed by atoms with E-state index >= 15 is 0 Å². The zero-order valence-corrected chi connectivity index (χ0v) is 11.5. The van der Waals surface area contributed by atoms with E-state index in [2.05, 4.69) is 4.98 Å². The average molecular weight is 281 g/mol. The van der Waals surface area contributed by atoms with Crippen molar-refractivity contribution in [1.29, 1.82) is 0 Å². The van der Waals surface area contributed by atoms with Gasteiger partial charge in [-0.15, -0.1) is 11.8 Å². The summed E-state index contributed by atoms with van der Waals surface area (Å²) in [6, 6.07) is 9.41. The molecule has 0 aliphatic carbocycles. The van der Waals surface area contributed by atoms with Gasteiger partial charge in [-0.1, -0.05) is 17.7 Å². The van der Waals surface area contributed by atoms with Crippen molar-refractivity contribution in [2.75, 3.05) is 12.8 Å². The molecule has 2 N–H and O–H groups in total. The van der Waals surface area contributed by atoms with E-state index < -0.39 is 0 Å². The Bertz CT molecular complexity index is 548. The molecule has 94 valence electrons. The fourth-order valence-electron chi connectivity index (χ4n) is 1.50. The molecule has 0 bridgehead atoms. The maximum absolute atomic E-state index is 6.04. The molecule has 2 aromatic rings. The first-order valence-corrected chi connectivity index (χ1v) is 6.73. The third-order valence-corrected chi connectivity index (χ3v) is 3.89. The molecule has 0 atom stereocenters. The summed E-state index contributed by atoms with van der Waals surface area (Å²) in [5.74, 6) is 1.46. The Morgan fingerprint density at radius 3 is 2.89 bits per heavy atom. The van der Waals surface area contributed by atoms with Gasteiger partial charge in [0, 0.05) is 11.9 Å². The van der Waals surface area contributed by atoms with Crippen LogP contribution in [0.2, 0.25) is 5.02 Å². The number of anilines is 1. The van der Waals surface area contributed by atoms with Crippen LogP contribution in [-0.2, 0) is 5.75 Å². The zero-order valence-electron chi connectivity index (χ0n) is 9.89. The zero-order chi connectivity index (χ0) is 13.0. The molecular weight excluding hydrogens is 268 g/mol. The van der Waals surface area contributed by atoms with Crippen LogP contribution in [0, 0.1) is 0 Å². The van der Waals surface area contributed by atoms with Gasteiger partial charge in [-0.2, -0.15) is 0 Å². The lowest BCUT2D eigenvalue weighted by Gasteiger charge is -2.07. The van der Waals surface area contributed by atoms with Crippen LogP contribution >= 0.6 is 23.4 Å². The highest BCUT2D eigenvalue weighted by molar-refractivity contribution is 7.98. The number of aromatic nitrogens is 1. The van der Waals surface area contributed by atoms with Crippen LogP contribution in [0.4, 0.5) is 5.69 Å². The average Bonchev–Trinajstić information content (AvgIpc) is 2.38. The molecule has 0 fully saturated rings. The minimum absolute atomic E-state index is 0.641. The highest BCUT2D eigenvalue weighted by Crippen LogP contribution is 2.29. The fourth-order valence-corrected chi connectivity index (χ4v) is 2.61. The second-order valence-corrected chi connectivity index (χ2v) is 5.03. The maximum Gasteiger partial charge on any atom is 0.141 e. The Morgan fingerprint density at radius 2 is 2.22 bits per heavy atom. The normalized spacial score (nSPS) is 10.3. The molecule has 3 nitrogen and oxygen atoms in total. The highest BCUT2D eigenvalue weighted by Gasteiger charge is 2.04. The Kier molecular flexibility index (Phi) is 4.33. The number of methoxy groups -OCH3 is 1. The molecule has 0 spiro atoms. The number of rotatable bonds is 4. The van der Waals surface area contributed by atoms with Crippen LogP contribution in [0.5, 0.6) is 5.75 Å². The van der Waals surface area contributed by atoms with E-state index in [1.807, 2.05) is 30.3 Å². The number of nitrogens with two attached hydrogens (primary N) is 1. The number of thioether (sulfide) groups is 1. The molecule has 0 saturated carbocycles. The first kappa shape index (κ1) is 13.1. The van der Waals surface area contributed by atoms with E-state index in [-0.39, 0.29) is 0 Å². The van der Waals surface area contributed by atoms with Gasteiger partial charge >= 0.3 is 0 Å². The van der Waals surface area contributed by atoms with Crippen molar-refractivity contribution in [1.82, 2.24) is 4.98 Å². The van der Waals surface area contributed by atoms with Gasteiger partial charge in [-0.25, -0.2) is 4.98 Å². The summed E-state index contributed by atoms with van der Waals surface area (Å²) >= 11 is 7.62. The lowest BCUT2D eigenvalue weighted by atomic mass is 10.2. The van der Waals surface area contributed by atoms with Gasteiger partial charge in [0.1, 0.15) is 10.8 Å². The van der Waals surface area contributed by atoms with Gasteiger partial charge in [-0.3, -0.25) is 0 Å². The van der Waals surface area contributed by atoms with Crippen molar-refractivity contribution in [3.05, 3.63) is 47.1 Å². The number of halogens is 1. The Balaban J connectivity index is 2.07. The monoisotopic (exact) mass is 280 g/mol. The molecule has 18 heavy (non-hydrogen) atoms. The van der Waals surface area contributed by atoms with Crippen LogP contribution < -0.4 is 10.5 Å². The number of benzene rings is 1. The fraction of sp³-hybridized carbons (Fsp3) is 0.154. The van der Waals surface area contributed by atoms with Crippen LogP contribution in [0.25, 0.3) is 0 Å².